The average Bonchev–Trinajstić information content (AvgIpc) is 2.65. The molecule has 0 fully saturated rings. The lowest BCUT2D eigenvalue weighted by molar-refractivity contribution is -0.137. The molecule has 0 heterocycles. The van der Waals surface area contributed by atoms with Crippen molar-refractivity contribution < 1.29 is 15.0 Å². The number of carboxylic acids is 1. The summed E-state index contributed by atoms with van der Waals surface area (Å²) in [5.74, 6) is -0.678. The largest absolute Gasteiger partial charge is 0.481 e. The monoisotopic (exact) mass is 402 g/mol. The third kappa shape index (κ3) is 30.1. The van der Waals surface area contributed by atoms with Crippen LogP contribution in [0.3, 0.4) is 0 Å². The summed E-state index contributed by atoms with van der Waals surface area (Å²) in [6, 6.07) is 0. The Morgan fingerprint density at radius 3 is 1.68 bits per heavy atom. The van der Waals surface area contributed by atoms with Gasteiger partial charge in [0, 0.05) is 6.42 Å². The molecule has 170 valence electrons. The predicted molar refractivity (Wildman–Crippen MR) is 121 cm³/mol. The summed E-state index contributed by atoms with van der Waals surface area (Å²) < 4.78 is 0. The second kappa shape index (κ2) is 24.4. The molecule has 0 aliphatic heterocycles. The van der Waals surface area contributed by atoms with Crippen molar-refractivity contribution in [2.75, 3.05) is 27.2 Å². The number of aliphatic hydroxyl groups is 1. The van der Waals surface area contributed by atoms with Gasteiger partial charge in [0.2, 0.25) is 0 Å². The van der Waals surface area contributed by atoms with Crippen LogP contribution in [0.25, 0.3) is 0 Å². The van der Waals surface area contributed by atoms with Crippen molar-refractivity contribution in [2.45, 2.75) is 116 Å². The van der Waals surface area contributed by atoms with Gasteiger partial charge in [-0.05, 0) is 52.9 Å². The summed E-state index contributed by atoms with van der Waals surface area (Å²) in [5.41, 5.74) is 5.25. The van der Waals surface area contributed by atoms with Crippen molar-refractivity contribution in [3.8, 4) is 0 Å². The fraction of sp³-hybridized carbons (Fsp3) is 0.957. The van der Waals surface area contributed by atoms with Gasteiger partial charge in [0.15, 0.2) is 0 Å². The standard InChI is InChI=1S/C18H36O3.C5H14N2/c1-2-3-4-11-14-17(19)15-12-9-7-5-6-8-10-13-16-18(20)21;1-7(2)5-3-4-6/h17,19H,2-16H2,1H3,(H,20,21);3-6H2,1-2H3/t17-;/m1./s1. The van der Waals surface area contributed by atoms with Crippen LogP contribution in [-0.4, -0.2) is 54.4 Å². The number of unbranched alkanes of at least 4 members (excludes halogenated alkanes) is 10. The van der Waals surface area contributed by atoms with E-state index in [0.717, 1.165) is 58.0 Å². The van der Waals surface area contributed by atoms with Gasteiger partial charge in [-0.1, -0.05) is 77.6 Å². The van der Waals surface area contributed by atoms with Crippen LogP contribution < -0.4 is 5.73 Å². The molecular formula is C23H50N2O3. The highest BCUT2D eigenvalue weighted by molar-refractivity contribution is 5.66. The number of hydrogen-bond donors (Lipinski definition) is 3. The smallest absolute Gasteiger partial charge is 0.303 e. The van der Waals surface area contributed by atoms with Crippen molar-refractivity contribution in [1.82, 2.24) is 4.90 Å². The zero-order valence-corrected chi connectivity index (χ0v) is 19.1. The highest BCUT2D eigenvalue weighted by Crippen LogP contribution is 2.14. The van der Waals surface area contributed by atoms with E-state index in [2.05, 4.69) is 25.9 Å². The van der Waals surface area contributed by atoms with Gasteiger partial charge in [0.1, 0.15) is 0 Å². The molecule has 0 unspecified atom stereocenters. The molecule has 0 radical (unpaired) electrons. The second-order valence-corrected chi connectivity index (χ2v) is 8.21. The minimum Gasteiger partial charge on any atom is -0.481 e. The molecule has 0 spiro atoms. The SMILES string of the molecule is CCCCCC[C@@H](O)CCCCCCCCCCC(=O)O.CN(C)CCCN. The maximum atomic E-state index is 10.3. The molecule has 0 aliphatic rings. The Hall–Kier alpha value is -0.650. The first kappa shape index (κ1) is 29.6. The van der Waals surface area contributed by atoms with Crippen LogP contribution in [-0.2, 0) is 4.79 Å². The van der Waals surface area contributed by atoms with E-state index in [-0.39, 0.29) is 6.10 Å². The molecule has 0 saturated heterocycles. The first-order valence-electron chi connectivity index (χ1n) is 11.7. The number of hydrogen-bond acceptors (Lipinski definition) is 4. The zero-order valence-electron chi connectivity index (χ0n) is 19.1. The van der Waals surface area contributed by atoms with Gasteiger partial charge < -0.3 is 20.8 Å². The molecule has 5 heteroatoms. The summed E-state index contributed by atoms with van der Waals surface area (Å²) >= 11 is 0. The normalized spacial score (nSPS) is 11.9. The maximum absolute atomic E-state index is 10.3. The number of nitrogens with two attached hydrogens (primary N) is 1. The van der Waals surface area contributed by atoms with E-state index in [1.54, 1.807) is 0 Å². The van der Waals surface area contributed by atoms with Crippen LogP contribution >= 0.6 is 0 Å². The van der Waals surface area contributed by atoms with E-state index in [1.807, 2.05) is 0 Å². The van der Waals surface area contributed by atoms with E-state index >= 15 is 0 Å². The van der Waals surface area contributed by atoms with E-state index < -0.39 is 5.97 Å². The lowest BCUT2D eigenvalue weighted by Gasteiger charge is -2.10. The summed E-state index contributed by atoms with van der Waals surface area (Å²) in [4.78, 5) is 12.5. The average molecular weight is 403 g/mol. The number of rotatable bonds is 19. The molecule has 0 rings (SSSR count). The van der Waals surface area contributed by atoms with Crippen LogP contribution in [0.5, 0.6) is 0 Å². The minimum absolute atomic E-state index is 0.0853. The summed E-state index contributed by atoms with van der Waals surface area (Å²) in [6.07, 6.45) is 17.4. The van der Waals surface area contributed by atoms with Gasteiger partial charge in [-0.2, -0.15) is 0 Å². The van der Waals surface area contributed by atoms with Gasteiger partial charge in [0.25, 0.3) is 0 Å². The van der Waals surface area contributed by atoms with Crippen molar-refractivity contribution in [3.63, 3.8) is 0 Å². The van der Waals surface area contributed by atoms with Gasteiger partial charge in [-0.3, -0.25) is 4.79 Å². The highest BCUT2D eigenvalue weighted by Gasteiger charge is 2.03. The van der Waals surface area contributed by atoms with Crippen molar-refractivity contribution in [1.29, 1.82) is 0 Å². The molecular weight excluding hydrogens is 352 g/mol. The number of aliphatic hydroxyl groups excluding tert-OH is 1. The predicted octanol–water partition coefficient (Wildman–Crippen LogP) is 5.20. The van der Waals surface area contributed by atoms with Crippen LogP contribution in [0, 0.1) is 0 Å². The summed E-state index contributed by atoms with van der Waals surface area (Å²) in [7, 11) is 4.10. The van der Waals surface area contributed by atoms with Crippen LogP contribution in [0.4, 0.5) is 0 Å². The Morgan fingerprint density at radius 1 is 0.821 bits per heavy atom. The Kier molecular flexibility index (Phi) is 25.7. The molecule has 0 aromatic heterocycles. The molecule has 0 bridgehead atoms. The zero-order chi connectivity index (χ0) is 21.5. The van der Waals surface area contributed by atoms with Crippen LogP contribution in [0.1, 0.15) is 110 Å². The van der Waals surface area contributed by atoms with Crippen LogP contribution in [0.15, 0.2) is 0 Å². The minimum atomic E-state index is -0.678. The highest BCUT2D eigenvalue weighted by atomic mass is 16.4. The fourth-order valence-electron chi connectivity index (χ4n) is 3.08. The summed E-state index contributed by atoms with van der Waals surface area (Å²) in [6.45, 7) is 4.12. The topological polar surface area (TPSA) is 86.8 Å². The van der Waals surface area contributed by atoms with Gasteiger partial charge >= 0.3 is 5.97 Å². The number of nitrogens with zero attached hydrogens (tertiary/aromatic N) is 1. The summed E-state index contributed by atoms with van der Waals surface area (Å²) in [5, 5.41) is 18.4. The Bertz CT molecular complexity index is 312. The Labute approximate surface area is 175 Å². The second-order valence-electron chi connectivity index (χ2n) is 8.21. The van der Waals surface area contributed by atoms with E-state index in [9.17, 15) is 9.90 Å². The third-order valence-corrected chi connectivity index (χ3v) is 4.88. The molecule has 1 atom stereocenters. The number of aliphatic carboxylic acids is 1. The van der Waals surface area contributed by atoms with Crippen molar-refractivity contribution >= 4 is 5.97 Å². The van der Waals surface area contributed by atoms with E-state index in [1.165, 1.54) is 51.4 Å². The first-order chi connectivity index (χ1) is 13.4. The molecule has 4 N–H and O–H groups in total. The molecule has 0 amide bonds. The quantitative estimate of drug-likeness (QED) is 0.258. The molecule has 5 nitrogen and oxygen atoms in total. The van der Waals surface area contributed by atoms with E-state index in [4.69, 9.17) is 10.8 Å². The Balaban J connectivity index is 0. The molecule has 0 aliphatic carbocycles. The first-order valence-corrected chi connectivity index (χ1v) is 11.7. The number of carbonyl (C=O) groups is 1. The van der Waals surface area contributed by atoms with Crippen molar-refractivity contribution in [2.24, 2.45) is 5.73 Å². The molecule has 0 aromatic carbocycles. The number of carboxylic acid groups (broad SMARTS) is 1. The van der Waals surface area contributed by atoms with E-state index in [0.29, 0.717) is 6.42 Å². The van der Waals surface area contributed by atoms with Crippen molar-refractivity contribution in [3.05, 3.63) is 0 Å². The molecule has 0 aromatic rings. The van der Waals surface area contributed by atoms with Gasteiger partial charge in [-0.25, -0.2) is 0 Å². The molecule has 0 saturated carbocycles. The lowest BCUT2D eigenvalue weighted by Crippen LogP contribution is -2.16. The van der Waals surface area contributed by atoms with Gasteiger partial charge in [0.05, 0.1) is 6.10 Å². The Morgan fingerprint density at radius 2 is 1.29 bits per heavy atom. The maximum Gasteiger partial charge on any atom is 0.303 e. The molecule has 28 heavy (non-hydrogen) atoms. The van der Waals surface area contributed by atoms with Crippen LogP contribution in [0.2, 0.25) is 0 Å². The lowest BCUT2D eigenvalue weighted by atomic mass is 10.0. The fourth-order valence-corrected chi connectivity index (χ4v) is 3.08. The van der Waals surface area contributed by atoms with Gasteiger partial charge in [-0.15, -0.1) is 0 Å². The third-order valence-electron chi connectivity index (χ3n) is 4.88.